The summed E-state index contributed by atoms with van der Waals surface area (Å²) in [6, 6.07) is 3.85. The molecular formula is C22H24ClFN4O4. The maximum atomic E-state index is 14.8. The van der Waals surface area contributed by atoms with Gasteiger partial charge in [-0.1, -0.05) is 17.7 Å². The van der Waals surface area contributed by atoms with Gasteiger partial charge in [-0.2, -0.15) is 0 Å². The Hall–Kier alpha value is -2.62. The third-order valence-electron chi connectivity index (χ3n) is 6.09. The Morgan fingerprint density at radius 3 is 2.94 bits per heavy atom. The molecule has 0 spiro atoms. The van der Waals surface area contributed by atoms with Gasteiger partial charge in [-0.25, -0.2) is 9.37 Å². The van der Waals surface area contributed by atoms with Crippen molar-refractivity contribution in [3.63, 3.8) is 0 Å². The van der Waals surface area contributed by atoms with Gasteiger partial charge in [0.2, 0.25) is 0 Å². The average molecular weight is 463 g/mol. The van der Waals surface area contributed by atoms with Crippen molar-refractivity contribution >= 4 is 23.3 Å². The molecule has 1 aromatic carbocycles. The smallest absolute Gasteiger partial charge is 0.261 e. The number of fused-ring (bicyclic) bond motifs is 2. The zero-order chi connectivity index (χ0) is 22.4. The number of rotatable bonds is 2. The van der Waals surface area contributed by atoms with Gasteiger partial charge in [0, 0.05) is 32.7 Å². The number of phenolic OH excluding ortho intramolecular Hbond substituents is 1. The summed E-state index contributed by atoms with van der Waals surface area (Å²) in [5.41, 5.74) is 0.191. The van der Waals surface area contributed by atoms with E-state index in [4.69, 9.17) is 21.1 Å². The molecule has 0 bridgehead atoms. The van der Waals surface area contributed by atoms with Gasteiger partial charge in [0.1, 0.15) is 40.3 Å². The number of aromatic hydroxyl groups is 1. The van der Waals surface area contributed by atoms with E-state index in [0.29, 0.717) is 45.1 Å². The van der Waals surface area contributed by atoms with Gasteiger partial charge in [0.05, 0.1) is 24.3 Å². The van der Waals surface area contributed by atoms with E-state index in [2.05, 4.69) is 10.3 Å². The molecule has 10 heteroatoms. The molecular weight excluding hydrogens is 439 g/mol. The van der Waals surface area contributed by atoms with Crippen molar-refractivity contribution in [1.29, 1.82) is 0 Å². The Labute approximate surface area is 189 Å². The molecule has 4 heterocycles. The molecule has 2 fully saturated rings. The van der Waals surface area contributed by atoms with Crippen molar-refractivity contribution in [2.24, 2.45) is 0 Å². The summed E-state index contributed by atoms with van der Waals surface area (Å²) >= 11 is 6.69. The van der Waals surface area contributed by atoms with Crippen LogP contribution in [0.1, 0.15) is 17.3 Å². The molecule has 3 aliphatic rings. The maximum Gasteiger partial charge on any atom is 0.261 e. The highest BCUT2D eigenvalue weighted by atomic mass is 35.5. The fourth-order valence-electron chi connectivity index (χ4n) is 4.51. The van der Waals surface area contributed by atoms with E-state index in [0.717, 1.165) is 0 Å². The lowest BCUT2D eigenvalue weighted by molar-refractivity contribution is 0.0523. The highest BCUT2D eigenvalue weighted by Gasteiger charge is 2.39. The monoisotopic (exact) mass is 462 g/mol. The van der Waals surface area contributed by atoms with E-state index < -0.39 is 5.82 Å². The number of morpholine rings is 1. The number of carbonyl (C=O) groups excluding carboxylic acids is 1. The Bertz CT molecular complexity index is 1050. The number of phenols is 1. The number of carbonyl (C=O) groups is 1. The number of hydrogen-bond donors (Lipinski definition) is 2. The summed E-state index contributed by atoms with van der Waals surface area (Å²) in [5.74, 6) is -0.629. The van der Waals surface area contributed by atoms with E-state index in [9.17, 15) is 14.3 Å². The molecule has 0 unspecified atom stereocenters. The third-order valence-corrected chi connectivity index (χ3v) is 6.44. The fourth-order valence-corrected chi connectivity index (χ4v) is 4.80. The minimum atomic E-state index is -0.665. The number of nitrogens with one attached hydrogen (secondary N) is 1. The van der Waals surface area contributed by atoms with Crippen molar-refractivity contribution in [1.82, 2.24) is 15.2 Å². The van der Waals surface area contributed by atoms with Crippen molar-refractivity contribution in [2.75, 3.05) is 50.8 Å². The second-order valence-corrected chi connectivity index (χ2v) is 8.61. The Morgan fingerprint density at radius 2 is 2.16 bits per heavy atom. The highest BCUT2D eigenvalue weighted by Crippen LogP contribution is 2.45. The molecule has 3 aliphatic heterocycles. The molecule has 8 nitrogen and oxygen atoms in total. The molecule has 1 amide bonds. The average Bonchev–Trinajstić information content (AvgIpc) is 2.93. The van der Waals surface area contributed by atoms with E-state index >= 15 is 0 Å². The zero-order valence-electron chi connectivity index (χ0n) is 17.6. The molecule has 2 saturated heterocycles. The number of hydrogen-bond acceptors (Lipinski definition) is 7. The van der Waals surface area contributed by atoms with Crippen LogP contribution in [0.15, 0.2) is 18.2 Å². The van der Waals surface area contributed by atoms with Crippen LogP contribution in [-0.2, 0) is 4.74 Å². The predicted molar refractivity (Wildman–Crippen MR) is 117 cm³/mol. The summed E-state index contributed by atoms with van der Waals surface area (Å²) in [5, 5.41) is 13.7. The van der Waals surface area contributed by atoms with E-state index in [1.807, 2.05) is 11.8 Å². The van der Waals surface area contributed by atoms with Crippen molar-refractivity contribution < 1.29 is 23.8 Å². The molecule has 0 radical (unpaired) electrons. The summed E-state index contributed by atoms with van der Waals surface area (Å²) in [7, 11) is 0. The van der Waals surface area contributed by atoms with E-state index in [1.54, 1.807) is 4.90 Å². The minimum Gasteiger partial charge on any atom is -0.507 e. The summed E-state index contributed by atoms with van der Waals surface area (Å²) in [6.45, 7) is 5.49. The van der Waals surface area contributed by atoms with E-state index in [-0.39, 0.29) is 58.0 Å². The Morgan fingerprint density at radius 1 is 1.31 bits per heavy atom. The number of pyridine rings is 1. The lowest BCUT2D eigenvalue weighted by atomic mass is 10.0. The van der Waals surface area contributed by atoms with Crippen LogP contribution >= 0.6 is 11.6 Å². The maximum absolute atomic E-state index is 14.8. The SMILES string of the molecule is C[C@@H]1CN(c2nc(-c3c(O)cccc3F)c(Cl)c3c2C(=O)N2CCNC[C@@H]2CO3)CCO1. The molecule has 170 valence electrons. The lowest BCUT2D eigenvalue weighted by Crippen LogP contribution is -2.55. The first-order valence-electron chi connectivity index (χ1n) is 10.7. The van der Waals surface area contributed by atoms with Gasteiger partial charge in [-0.15, -0.1) is 0 Å². The number of piperazine rings is 1. The number of benzene rings is 1. The minimum absolute atomic E-state index is 0.00612. The summed E-state index contributed by atoms with van der Waals surface area (Å²) in [6.07, 6.45) is -0.0732. The second-order valence-electron chi connectivity index (χ2n) is 8.23. The first kappa shape index (κ1) is 21.2. The molecule has 2 N–H and O–H groups in total. The van der Waals surface area contributed by atoms with Gasteiger partial charge >= 0.3 is 0 Å². The first-order chi connectivity index (χ1) is 15.5. The molecule has 2 atom stereocenters. The number of aromatic nitrogens is 1. The number of anilines is 1. The van der Waals surface area contributed by atoms with Gasteiger partial charge < -0.3 is 29.7 Å². The summed E-state index contributed by atoms with van der Waals surface area (Å²) < 4.78 is 26.5. The van der Waals surface area contributed by atoms with Crippen LogP contribution in [-0.4, -0.2) is 79.0 Å². The van der Waals surface area contributed by atoms with Crippen LogP contribution < -0.4 is 15.0 Å². The van der Waals surface area contributed by atoms with Gasteiger partial charge in [-0.3, -0.25) is 4.79 Å². The van der Waals surface area contributed by atoms with Crippen molar-refractivity contribution in [3.8, 4) is 22.8 Å². The van der Waals surface area contributed by atoms with Gasteiger partial charge in [-0.05, 0) is 19.1 Å². The third kappa shape index (κ3) is 3.54. The van der Waals surface area contributed by atoms with Gasteiger partial charge in [0.15, 0.2) is 5.75 Å². The standard InChI is InChI=1S/C22H24ClFN4O4/c1-12-10-27(7-8-31-12)21-17-20(32-11-13-9-25-5-6-28(13)22(17)30)18(23)19(26-21)16-14(24)3-2-4-15(16)29/h2-4,12-13,25,29H,5-11H2,1H3/t12-,13-/m1/s1. The molecule has 0 aliphatic carbocycles. The molecule has 2 aromatic rings. The van der Waals surface area contributed by atoms with Crippen LogP contribution in [0.4, 0.5) is 10.2 Å². The number of nitrogens with zero attached hydrogens (tertiary/aromatic N) is 3. The number of halogens is 2. The van der Waals surface area contributed by atoms with Gasteiger partial charge in [0.25, 0.3) is 5.91 Å². The molecule has 5 rings (SSSR count). The first-order valence-corrected chi connectivity index (χ1v) is 11.1. The fraction of sp³-hybridized carbons (Fsp3) is 0.455. The largest absolute Gasteiger partial charge is 0.507 e. The summed E-state index contributed by atoms with van der Waals surface area (Å²) in [4.78, 5) is 22.1. The topological polar surface area (TPSA) is 87.2 Å². The highest BCUT2D eigenvalue weighted by molar-refractivity contribution is 6.35. The molecule has 0 saturated carbocycles. The quantitative estimate of drug-likeness (QED) is 0.708. The van der Waals surface area contributed by atoms with Crippen LogP contribution in [0.2, 0.25) is 5.02 Å². The van der Waals surface area contributed by atoms with Crippen LogP contribution in [0.3, 0.4) is 0 Å². The Kier molecular flexibility index (Phi) is 5.56. The van der Waals surface area contributed by atoms with Crippen molar-refractivity contribution in [2.45, 2.75) is 19.1 Å². The number of ether oxygens (including phenoxy) is 2. The lowest BCUT2D eigenvalue weighted by Gasteiger charge is -2.36. The zero-order valence-corrected chi connectivity index (χ0v) is 18.4. The van der Waals surface area contributed by atoms with Crippen LogP contribution in [0, 0.1) is 5.82 Å². The van der Waals surface area contributed by atoms with E-state index in [1.165, 1.54) is 18.2 Å². The predicted octanol–water partition coefficient (Wildman–Crippen LogP) is 2.28. The van der Waals surface area contributed by atoms with Crippen molar-refractivity contribution in [3.05, 3.63) is 34.6 Å². The Balaban J connectivity index is 1.73. The van der Waals surface area contributed by atoms with Crippen LogP contribution in [0.25, 0.3) is 11.3 Å². The number of amides is 1. The second kappa shape index (κ2) is 8.38. The molecule has 1 aromatic heterocycles. The normalized spacial score (nSPS) is 23.3. The van der Waals surface area contributed by atoms with Crippen LogP contribution in [0.5, 0.6) is 11.5 Å². The molecule has 32 heavy (non-hydrogen) atoms.